The maximum Gasteiger partial charge on any atom is 0.233 e. The molecule has 4 amide bonds. The zero-order chi connectivity index (χ0) is 27.2. The number of hydrogen-bond donors (Lipinski definition) is 1. The van der Waals surface area contributed by atoms with E-state index in [0.29, 0.717) is 38.8 Å². The molecule has 8 nitrogen and oxygen atoms in total. The Hall–Kier alpha value is -2.66. The molecule has 1 N–H and O–H groups in total. The van der Waals surface area contributed by atoms with Gasteiger partial charge in [0, 0.05) is 38.1 Å². The topological polar surface area (TPSA) is 96.0 Å². The van der Waals surface area contributed by atoms with Gasteiger partial charge in [-0.3, -0.25) is 24.1 Å². The highest BCUT2D eigenvalue weighted by Crippen LogP contribution is 2.52. The Labute approximate surface area is 221 Å². The van der Waals surface area contributed by atoms with Gasteiger partial charge in [-0.15, -0.1) is 6.42 Å². The fourth-order valence-corrected chi connectivity index (χ4v) is 5.76. The third kappa shape index (κ3) is 7.44. The molecule has 8 heteroatoms. The van der Waals surface area contributed by atoms with Crippen molar-refractivity contribution < 1.29 is 23.9 Å². The summed E-state index contributed by atoms with van der Waals surface area (Å²) < 4.78 is 5.58. The van der Waals surface area contributed by atoms with Crippen LogP contribution >= 0.6 is 0 Å². The first-order chi connectivity index (χ1) is 17.5. The molecule has 1 aliphatic heterocycles. The summed E-state index contributed by atoms with van der Waals surface area (Å²) in [6, 6.07) is 0. The molecular formula is C29H43N3O5. The van der Waals surface area contributed by atoms with Crippen molar-refractivity contribution in [1.82, 2.24) is 15.1 Å². The largest absolute Gasteiger partial charge is 0.379 e. The van der Waals surface area contributed by atoms with E-state index in [1.807, 2.05) is 27.7 Å². The average molecular weight is 514 g/mol. The Morgan fingerprint density at radius 1 is 1.14 bits per heavy atom. The smallest absolute Gasteiger partial charge is 0.233 e. The molecule has 1 saturated carbocycles. The van der Waals surface area contributed by atoms with E-state index in [1.165, 1.54) is 4.90 Å². The molecule has 0 aromatic carbocycles. The predicted octanol–water partition coefficient (Wildman–Crippen LogP) is 2.92. The van der Waals surface area contributed by atoms with E-state index in [1.54, 1.807) is 4.90 Å². The third-order valence-electron chi connectivity index (χ3n) is 7.73. The maximum atomic E-state index is 12.8. The van der Waals surface area contributed by atoms with Gasteiger partial charge in [-0.1, -0.05) is 24.5 Å². The quantitative estimate of drug-likeness (QED) is 0.157. The number of rotatable bonds is 15. The van der Waals surface area contributed by atoms with Crippen LogP contribution in [-0.2, 0) is 23.9 Å². The highest BCUT2D eigenvalue weighted by atomic mass is 16.5. The van der Waals surface area contributed by atoms with Gasteiger partial charge in [0.25, 0.3) is 0 Å². The fraction of sp³-hybridized carbons (Fsp3) is 0.724. The molecule has 1 heterocycles. The monoisotopic (exact) mass is 513 g/mol. The van der Waals surface area contributed by atoms with E-state index in [9.17, 15) is 19.2 Å². The van der Waals surface area contributed by atoms with Crippen LogP contribution in [0, 0.1) is 36.0 Å². The van der Waals surface area contributed by atoms with Crippen LogP contribution in [0.4, 0.5) is 0 Å². The molecule has 1 saturated heterocycles. The van der Waals surface area contributed by atoms with Gasteiger partial charge >= 0.3 is 0 Å². The lowest BCUT2D eigenvalue weighted by atomic mass is 9.85. The maximum absolute atomic E-state index is 12.8. The number of carbonyl (C=O) groups excluding carboxylic acids is 4. The van der Waals surface area contributed by atoms with Crippen LogP contribution in [0.2, 0.25) is 0 Å². The normalized spacial score (nSPS) is 24.1. The van der Waals surface area contributed by atoms with Crippen LogP contribution in [0.1, 0.15) is 72.6 Å². The van der Waals surface area contributed by atoms with Gasteiger partial charge in [0.2, 0.25) is 23.6 Å². The number of imide groups is 1. The number of hydrogen-bond acceptors (Lipinski definition) is 5. The Bertz CT molecular complexity index is 904. The summed E-state index contributed by atoms with van der Waals surface area (Å²) in [5.41, 5.74) is -0.403. The summed E-state index contributed by atoms with van der Waals surface area (Å²) in [6.07, 6.45) is 14.0. The second-order valence-electron chi connectivity index (χ2n) is 11.5. The number of amides is 4. The minimum Gasteiger partial charge on any atom is -0.379 e. The van der Waals surface area contributed by atoms with Crippen molar-refractivity contribution in [2.45, 2.75) is 84.3 Å². The van der Waals surface area contributed by atoms with Gasteiger partial charge in [-0.25, -0.2) is 0 Å². The number of nitrogens with one attached hydrogen (secondary N) is 1. The van der Waals surface area contributed by atoms with Crippen molar-refractivity contribution in [1.29, 1.82) is 0 Å². The van der Waals surface area contributed by atoms with Crippen LogP contribution in [-0.4, -0.2) is 71.3 Å². The van der Waals surface area contributed by atoms with Crippen LogP contribution in [0.25, 0.3) is 0 Å². The Balaban J connectivity index is 1.34. The first kappa shape index (κ1) is 28.9. The summed E-state index contributed by atoms with van der Waals surface area (Å²) in [7, 11) is 0. The number of ether oxygens (including phenoxy) is 1. The van der Waals surface area contributed by atoms with Crippen molar-refractivity contribution >= 4 is 23.6 Å². The second kappa shape index (κ2) is 12.7. The molecule has 0 spiro atoms. The standard InChI is InChI=1S/C29H43N3O5/c1-6-15-31(17-13-23(33)30-29(4,5)14-18-37-20(2)3)24(34)10-8-7-9-16-32-27(35)25-21-11-12-22(19-21)26(25)28(32)36/h1,11-12,20-22,25-26H,7-10,13-19H2,2-5H3,(H,30,33)/t21-,22?,25?,26?/m1/s1. The minimum absolute atomic E-state index is 0.0166. The molecule has 3 rings (SSSR count). The number of likely N-dealkylation sites (tertiary alicyclic amines) is 1. The number of unbranched alkanes of at least 4 members (excludes halogenated alkanes) is 2. The Morgan fingerprint density at radius 2 is 1.78 bits per heavy atom. The van der Waals surface area contributed by atoms with Gasteiger partial charge in [0.15, 0.2) is 0 Å². The Morgan fingerprint density at radius 3 is 2.38 bits per heavy atom. The molecule has 204 valence electrons. The van der Waals surface area contributed by atoms with Gasteiger partial charge in [0.05, 0.1) is 24.5 Å². The summed E-state index contributed by atoms with van der Waals surface area (Å²) in [4.78, 5) is 53.7. The van der Waals surface area contributed by atoms with Gasteiger partial charge < -0.3 is 15.0 Å². The van der Waals surface area contributed by atoms with E-state index in [2.05, 4.69) is 23.4 Å². The molecule has 3 aliphatic rings. The minimum atomic E-state index is -0.403. The molecule has 37 heavy (non-hydrogen) atoms. The van der Waals surface area contributed by atoms with E-state index in [-0.39, 0.29) is 72.9 Å². The molecule has 2 bridgehead atoms. The summed E-state index contributed by atoms with van der Waals surface area (Å²) >= 11 is 0. The highest BCUT2D eigenvalue weighted by Gasteiger charge is 2.58. The molecule has 2 aliphatic carbocycles. The molecular weight excluding hydrogens is 470 g/mol. The van der Waals surface area contributed by atoms with Crippen molar-refractivity contribution in [2.24, 2.45) is 23.7 Å². The van der Waals surface area contributed by atoms with E-state index in [4.69, 9.17) is 11.2 Å². The van der Waals surface area contributed by atoms with Crippen LogP contribution < -0.4 is 5.32 Å². The van der Waals surface area contributed by atoms with Crippen molar-refractivity contribution in [3.8, 4) is 12.3 Å². The average Bonchev–Trinajstić information content (AvgIpc) is 3.50. The first-order valence-electron chi connectivity index (χ1n) is 13.7. The summed E-state index contributed by atoms with van der Waals surface area (Å²) in [5.74, 6) is 2.41. The predicted molar refractivity (Wildman–Crippen MR) is 141 cm³/mol. The number of allylic oxidation sites excluding steroid dienone is 2. The highest BCUT2D eigenvalue weighted by molar-refractivity contribution is 6.06. The number of terminal acetylenes is 1. The van der Waals surface area contributed by atoms with Crippen LogP contribution in [0.3, 0.4) is 0 Å². The number of nitrogens with zero attached hydrogens (tertiary/aromatic N) is 2. The van der Waals surface area contributed by atoms with Crippen LogP contribution in [0.5, 0.6) is 0 Å². The summed E-state index contributed by atoms with van der Waals surface area (Å²) in [6.45, 7) is 9.27. The van der Waals surface area contributed by atoms with Crippen molar-refractivity contribution in [3.63, 3.8) is 0 Å². The molecule has 2 fully saturated rings. The van der Waals surface area contributed by atoms with Gasteiger partial charge in [-0.2, -0.15) is 0 Å². The molecule has 0 radical (unpaired) electrons. The molecule has 4 atom stereocenters. The second-order valence-corrected chi connectivity index (χ2v) is 11.5. The molecule has 3 unspecified atom stereocenters. The Kier molecular flexibility index (Phi) is 9.94. The SMILES string of the molecule is C#CCN(CCC(=O)NC(C)(C)CCOC(C)C)C(=O)CCCCCN1C(=O)C2C3C=C[C@H](C3)C2C1=O. The van der Waals surface area contributed by atoms with E-state index < -0.39 is 5.54 Å². The lowest BCUT2D eigenvalue weighted by Gasteiger charge is -2.27. The molecule has 0 aromatic rings. The summed E-state index contributed by atoms with van der Waals surface area (Å²) in [5, 5.41) is 3.01. The fourth-order valence-electron chi connectivity index (χ4n) is 5.76. The van der Waals surface area contributed by atoms with Crippen LogP contribution in [0.15, 0.2) is 12.2 Å². The first-order valence-corrected chi connectivity index (χ1v) is 13.7. The number of carbonyl (C=O) groups is 4. The van der Waals surface area contributed by atoms with Gasteiger partial charge in [0.1, 0.15) is 0 Å². The van der Waals surface area contributed by atoms with E-state index in [0.717, 1.165) is 12.8 Å². The van der Waals surface area contributed by atoms with Crippen molar-refractivity contribution in [3.05, 3.63) is 12.2 Å². The lowest BCUT2D eigenvalue weighted by Crippen LogP contribution is -2.45. The van der Waals surface area contributed by atoms with Gasteiger partial charge in [-0.05, 0) is 65.2 Å². The third-order valence-corrected chi connectivity index (χ3v) is 7.73. The van der Waals surface area contributed by atoms with Crippen molar-refractivity contribution in [2.75, 3.05) is 26.2 Å². The zero-order valence-electron chi connectivity index (χ0n) is 22.8. The zero-order valence-corrected chi connectivity index (χ0v) is 22.8. The molecule has 0 aromatic heterocycles. The lowest BCUT2D eigenvalue weighted by molar-refractivity contribution is -0.141. The van der Waals surface area contributed by atoms with E-state index >= 15 is 0 Å². The number of fused-ring (bicyclic) bond motifs is 5.